The monoisotopic (exact) mass is 330 g/mol. The smallest absolute Gasteiger partial charge is 0.270 e. The van der Waals surface area contributed by atoms with E-state index in [0.29, 0.717) is 17.9 Å². The molecule has 1 aliphatic carbocycles. The molecule has 24 heavy (non-hydrogen) atoms. The Labute approximate surface area is 140 Å². The van der Waals surface area contributed by atoms with E-state index < -0.39 is 5.54 Å². The van der Waals surface area contributed by atoms with Crippen molar-refractivity contribution in [3.8, 4) is 0 Å². The fraction of sp³-hybridized carbons (Fsp3) is 0.500. The quantitative estimate of drug-likeness (QED) is 0.840. The first-order valence-electron chi connectivity index (χ1n) is 8.07. The van der Waals surface area contributed by atoms with Gasteiger partial charge >= 0.3 is 0 Å². The zero-order valence-corrected chi connectivity index (χ0v) is 14.0. The Morgan fingerprint density at radius 2 is 1.58 bits per heavy atom. The average molecular weight is 330 g/mol. The van der Waals surface area contributed by atoms with Crippen LogP contribution >= 0.6 is 0 Å². The third kappa shape index (κ3) is 3.17. The van der Waals surface area contributed by atoms with E-state index in [0.717, 1.165) is 25.7 Å². The average Bonchev–Trinajstić information content (AvgIpc) is 3.27. The summed E-state index contributed by atoms with van der Waals surface area (Å²) in [6.45, 7) is 0.403. The third-order valence-corrected chi connectivity index (χ3v) is 4.63. The van der Waals surface area contributed by atoms with Crippen molar-refractivity contribution >= 4 is 11.8 Å². The zero-order valence-electron chi connectivity index (χ0n) is 14.0. The van der Waals surface area contributed by atoms with Crippen molar-refractivity contribution in [1.29, 1.82) is 0 Å². The summed E-state index contributed by atoms with van der Waals surface area (Å²) >= 11 is 0. The molecule has 0 aliphatic heterocycles. The number of nitrogens with zero attached hydrogens (tertiary/aromatic N) is 4. The van der Waals surface area contributed by atoms with E-state index in [2.05, 4.69) is 20.8 Å². The van der Waals surface area contributed by atoms with Crippen LogP contribution in [0.15, 0.2) is 24.5 Å². The number of hydrogen-bond donors (Lipinski definition) is 2. The zero-order chi connectivity index (χ0) is 17.2. The molecule has 2 aromatic rings. The molecule has 0 saturated heterocycles. The first kappa shape index (κ1) is 16.2. The highest BCUT2D eigenvalue weighted by molar-refractivity contribution is 5.94. The number of hydrogen-bond acceptors (Lipinski definition) is 4. The summed E-state index contributed by atoms with van der Waals surface area (Å²) in [5.41, 5.74) is 0.607. The lowest BCUT2D eigenvalue weighted by Gasteiger charge is -2.30. The van der Waals surface area contributed by atoms with Crippen molar-refractivity contribution in [2.75, 3.05) is 6.54 Å². The minimum absolute atomic E-state index is 0.160. The van der Waals surface area contributed by atoms with Gasteiger partial charge in [-0.1, -0.05) is 12.8 Å². The topological polar surface area (TPSA) is 93.8 Å². The van der Waals surface area contributed by atoms with Gasteiger partial charge in [-0.3, -0.25) is 19.0 Å². The number of carbonyl (C=O) groups is 2. The Hall–Kier alpha value is -2.64. The van der Waals surface area contributed by atoms with E-state index in [1.54, 1.807) is 43.3 Å². The van der Waals surface area contributed by atoms with Crippen molar-refractivity contribution in [3.63, 3.8) is 0 Å². The molecule has 2 heterocycles. The normalized spacial score (nSPS) is 16.1. The second kappa shape index (κ2) is 6.46. The van der Waals surface area contributed by atoms with Crippen LogP contribution < -0.4 is 10.6 Å². The Morgan fingerprint density at radius 3 is 2.08 bits per heavy atom. The van der Waals surface area contributed by atoms with Crippen LogP contribution in [0.25, 0.3) is 0 Å². The molecule has 1 aliphatic rings. The fourth-order valence-corrected chi connectivity index (χ4v) is 3.24. The van der Waals surface area contributed by atoms with E-state index in [1.807, 2.05) is 0 Å². The van der Waals surface area contributed by atoms with Gasteiger partial charge in [0, 0.05) is 33.0 Å². The number of carbonyl (C=O) groups excluding carboxylic acids is 2. The molecule has 1 saturated carbocycles. The van der Waals surface area contributed by atoms with Crippen molar-refractivity contribution in [3.05, 3.63) is 35.9 Å². The number of aromatic nitrogens is 4. The van der Waals surface area contributed by atoms with Gasteiger partial charge in [-0.15, -0.1) is 0 Å². The predicted molar refractivity (Wildman–Crippen MR) is 87.4 cm³/mol. The molecule has 0 radical (unpaired) electrons. The lowest BCUT2D eigenvalue weighted by atomic mass is 9.97. The lowest BCUT2D eigenvalue weighted by molar-refractivity contribution is 0.0857. The molecule has 0 unspecified atom stereocenters. The summed E-state index contributed by atoms with van der Waals surface area (Å²) in [6.07, 6.45) is 6.95. The molecule has 8 heteroatoms. The lowest BCUT2D eigenvalue weighted by Crippen LogP contribution is -2.54. The number of rotatable bonds is 5. The fourth-order valence-electron chi connectivity index (χ4n) is 3.24. The van der Waals surface area contributed by atoms with Crippen molar-refractivity contribution in [2.45, 2.75) is 31.2 Å². The Morgan fingerprint density at radius 1 is 1.04 bits per heavy atom. The first-order valence-corrected chi connectivity index (χ1v) is 8.07. The molecule has 0 atom stereocenters. The second-order valence-corrected chi connectivity index (χ2v) is 6.30. The van der Waals surface area contributed by atoms with Gasteiger partial charge in [0.25, 0.3) is 11.8 Å². The van der Waals surface area contributed by atoms with Crippen LogP contribution in [0.2, 0.25) is 0 Å². The minimum Gasteiger partial charge on any atom is -0.348 e. The first-order chi connectivity index (χ1) is 11.5. The Balaban J connectivity index is 1.68. The highest BCUT2D eigenvalue weighted by Gasteiger charge is 2.36. The maximum absolute atomic E-state index is 12.5. The van der Waals surface area contributed by atoms with Crippen LogP contribution in [0.1, 0.15) is 46.7 Å². The van der Waals surface area contributed by atoms with Gasteiger partial charge in [-0.05, 0) is 25.0 Å². The maximum Gasteiger partial charge on any atom is 0.270 e. The van der Waals surface area contributed by atoms with Gasteiger partial charge in [0.05, 0.1) is 5.54 Å². The van der Waals surface area contributed by atoms with Gasteiger partial charge < -0.3 is 10.6 Å². The molecule has 0 spiro atoms. The summed E-state index contributed by atoms with van der Waals surface area (Å²) in [4.78, 5) is 24.8. The summed E-state index contributed by atoms with van der Waals surface area (Å²) < 4.78 is 3.08. The van der Waals surface area contributed by atoms with Crippen molar-refractivity contribution < 1.29 is 9.59 Å². The van der Waals surface area contributed by atoms with E-state index in [9.17, 15) is 9.59 Å². The Bertz CT molecular complexity index is 741. The standard InChI is InChI=1S/C16H22N6O2/c1-21-12(5-9-18-21)14(23)17-11-16(7-3-4-8-16)20-15(24)13-6-10-19-22(13)2/h5-6,9-10H,3-4,7-8,11H2,1-2H3,(H,17,23)(H,20,24). The van der Waals surface area contributed by atoms with Crippen molar-refractivity contribution in [1.82, 2.24) is 30.2 Å². The van der Waals surface area contributed by atoms with Crippen LogP contribution in [0.5, 0.6) is 0 Å². The molecule has 128 valence electrons. The number of nitrogens with one attached hydrogen (secondary N) is 2. The molecule has 3 rings (SSSR count). The number of aryl methyl sites for hydroxylation is 2. The highest BCUT2D eigenvalue weighted by Crippen LogP contribution is 2.29. The molecule has 2 N–H and O–H groups in total. The van der Waals surface area contributed by atoms with Gasteiger partial charge in [0.2, 0.25) is 0 Å². The van der Waals surface area contributed by atoms with Crippen LogP contribution in [0.4, 0.5) is 0 Å². The molecule has 2 amide bonds. The van der Waals surface area contributed by atoms with Gasteiger partial charge in [0.15, 0.2) is 0 Å². The molecule has 0 aromatic carbocycles. The van der Waals surface area contributed by atoms with Crippen molar-refractivity contribution in [2.24, 2.45) is 14.1 Å². The Kier molecular flexibility index (Phi) is 4.37. The van der Waals surface area contributed by atoms with Gasteiger partial charge in [0.1, 0.15) is 11.4 Å². The van der Waals surface area contributed by atoms with Crippen LogP contribution in [-0.4, -0.2) is 43.5 Å². The summed E-state index contributed by atoms with van der Waals surface area (Å²) in [5, 5.41) is 14.1. The minimum atomic E-state index is -0.407. The summed E-state index contributed by atoms with van der Waals surface area (Å²) in [5.74, 6) is -0.345. The molecule has 2 aromatic heterocycles. The van der Waals surface area contributed by atoms with Gasteiger partial charge in [-0.2, -0.15) is 10.2 Å². The second-order valence-electron chi connectivity index (χ2n) is 6.30. The molecular weight excluding hydrogens is 308 g/mol. The SMILES string of the molecule is Cn1nccc1C(=O)NCC1(NC(=O)c2ccnn2C)CCCC1. The van der Waals surface area contributed by atoms with E-state index in [4.69, 9.17) is 0 Å². The summed E-state index contributed by atoms with van der Waals surface area (Å²) in [6, 6.07) is 3.36. The number of amides is 2. The van der Waals surface area contributed by atoms with E-state index >= 15 is 0 Å². The maximum atomic E-state index is 12.5. The third-order valence-electron chi connectivity index (χ3n) is 4.63. The summed E-state index contributed by atoms with van der Waals surface area (Å²) in [7, 11) is 3.46. The molecule has 8 nitrogen and oxygen atoms in total. The van der Waals surface area contributed by atoms with Crippen LogP contribution in [0.3, 0.4) is 0 Å². The van der Waals surface area contributed by atoms with Gasteiger partial charge in [-0.25, -0.2) is 0 Å². The highest BCUT2D eigenvalue weighted by atomic mass is 16.2. The molecule has 0 bridgehead atoms. The predicted octanol–water partition coefficient (Wildman–Crippen LogP) is 0.626. The molecule has 1 fully saturated rings. The van der Waals surface area contributed by atoms with Crippen LogP contribution in [-0.2, 0) is 14.1 Å². The van der Waals surface area contributed by atoms with E-state index in [1.165, 1.54) is 4.68 Å². The van der Waals surface area contributed by atoms with E-state index in [-0.39, 0.29) is 11.8 Å². The van der Waals surface area contributed by atoms with Crippen LogP contribution in [0, 0.1) is 0 Å². The largest absolute Gasteiger partial charge is 0.348 e. The molecular formula is C16H22N6O2.